The second-order valence-electron chi connectivity index (χ2n) is 4.71. The van der Waals surface area contributed by atoms with E-state index in [1.807, 2.05) is 0 Å². The van der Waals surface area contributed by atoms with Crippen molar-refractivity contribution in [3.63, 3.8) is 0 Å². The Balaban J connectivity index is 2.25. The molecule has 1 aliphatic rings. The molecule has 0 spiro atoms. The van der Waals surface area contributed by atoms with Crippen molar-refractivity contribution >= 4 is 5.91 Å². The maximum absolute atomic E-state index is 12.2. The van der Waals surface area contributed by atoms with Crippen LogP contribution in [0.5, 0.6) is 0 Å². The number of rotatable bonds is 4. The van der Waals surface area contributed by atoms with E-state index in [4.69, 9.17) is 5.11 Å². The smallest absolute Gasteiger partial charge is 0.250 e. The van der Waals surface area contributed by atoms with E-state index in [0.29, 0.717) is 6.42 Å². The molecule has 6 nitrogen and oxygen atoms in total. The molecule has 94 valence electrons. The van der Waals surface area contributed by atoms with Crippen LogP contribution in [0.1, 0.15) is 25.0 Å². The van der Waals surface area contributed by atoms with Crippen LogP contribution >= 0.6 is 0 Å². The fraction of sp³-hybridized carbons (Fsp3) is 0.727. The van der Waals surface area contributed by atoms with E-state index in [9.17, 15) is 4.79 Å². The molecule has 17 heavy (non-hydrogen) atoms. The van der Waals surface area contributed by atoms with E-state index < -0.39 is 5.54 Å². The first-order valence-corrected chi connectivity index (χ1v) is 5.84. The summed E-state index contributed by atoms with van der Waals surface area (Å²) >= 11 is 0. The van der Waals surface area contributed by atoms with E-state index in [-0.39, 0.29) is 12.5 Å². The van der Waals surface area contributed by atoms with Crippen molar-refractivity contribution in [1.82, 2.24) is 19.9 Å². The Morgan fingerprint density at radius 1 is 1.59 bits per heavy atom. The average Bonchev–Trinajstić information content (AvgIpc) is 2.65. The molecule has 2 rings (SSSR count). The number of aliphatic hydroxyl groups excluding tert-OH is 1. The number of amides is 1. The zero-order valence-electron chi connectivity index (χ0n) is 10.3. The normalized spacial score (nSPS) is 17.6. The molecule has 0 radical (unpaired) electrons. The van der Waals surface area contributed by atoms with Crippen LogP contribution in [0.3, 0.4) is 0 Å². The second-order valence-corrected chi connectivity index (χ2v) is 4.71. The molecular weight excluding hydrogens is 220 g/mol. The Morgan fingerprint density at radius 2 is 2.29 bits per heavy atom. The molecule has 1 heterocycles. The molecule has 0 aliphatic heterocycles. The Hall–Kier alpha value is -1.43. The van der Waals surface area contributed by atoms with Gasteiger partial charge >= 0.3 is 0 Å². The molecule has 1 saturated carbocycles. The summed E-state index contributed by atoms with van der Waals surface area (Å²) in [5.74, 6) is 0.0733. The molecule has 0 atom stereocenters. The highest BCUT2D eigenvalue weighted by atomic mass is 16.3. The highest BCUT2D eigenvalue weighted by Crippen LogP contribution is 2.39. The molecule has 1 aromatic rings. The van der Waals surface area contributed by atoms with Crippen molar-refractivity contribution in [1.29, 1.82) is 0 Å². The first-order chi connectivity index (χ1) is 8.10. The number of carbonyl (C=O) groups excluding carboxylic acids is 1. The average molecular weight is 238 g/mol. The zero-order chi connectivity index (χ0) is 12.5. The first-order valence-electron chi connectivity index (χ1n) is 5.84. The minimum absolute atomic E-state index is 0.0489. The number of hydrogen-bond donors (Lipinski definition) is 1. The number of hydrogen-bond acceptors (Lipinski definition) is 4. The van der Waals surface area contributed by atoms with Crippen molar-refractivity contribution in [3.8, 4) is 0 Å². The van der Waals surface area contributed by atoms with Crippen LogP contribution in [-0.4, -0.2) is 51.6 Å². The third-order valence-corrected chi connectivity index (χ3v) is 3.33. The van der Waals surface area contributed by atoms with Crippen molar-refractivity contribution in [2.45, 2.75) is 31.2 Å². The predicted octanol–water partition coefficient (Wildman–Crippen LogP) is -0.220. The molecule has 1 aliphatic carbocycles. The molecule has 1 aromatic heterocycles. The summed E-state index contributed by atoms with van der Waals surface area (Å²) in [5.41, 5.74) is 0.190. The minimum atomic E-state index is -0.537. The maximum Gasteiger partial charge on any atom is 0.250 e. The fourth-order valence-corrected chi connectivity index (χ4v) is 2.21. The van der Waals surface area contributed by atoms with E-state index in [1.165, 1.54) is 0 Å². The molecule has 1 N–H and O–H groups in total. The van der Waals surface area contributed by atoms with E-state index in [2.05, 4.69) is 10.3 Å². The van der Waals surface area contributed by atoms with Crippen molar-refractivity contribution in [3.05, 3.63) is 11.9 Å². The van der Waals surface area contributed by atoms with Gasteiger partial charge in [0.05, 0.1) is 5.69 Å². The number of aromatic nitrogens is 3. The van der Waals surface area contributed by atoms with Gasteiger partial charge in [-0.25, -0.2) is 4.68 Å². The van der Waals surface area contributed by atoms with Gasteiger partial charge in [0.2, 0.25) is 5.91 Å². The number of aliphatic hydroxyl groups is 1. The molecule has 0 unspecified atom stereocenters. The van der Waals surface area contributed by atoms with Crippen molar-refractivity contribution in [2.75, 3.05) is 20.7 Å². The third kappa shape index (κ3) is 1.93. The van der Waals surface area contributed by atoms with Crippen molar-refractivity contribution in [2.24, 2.45) is 0 Å². The molecule has 0 bridgehead atoms. The number of carbonyl (C=O) groups is 1. The van der Waals surface area contributed by atoms with Crippen LogP contribution in [0, 0.1) is 0 Å². The molecular formula is C11H18N4O2. The van der Waals surface area contributed by atoms with Gasteiger partial charge in [0.1, 0.15) is 5.54 Å². The lowest BCUT2D eigenvalue weighted by Gasteiger charge is -2.41. The summed E-state index contributed by atoms with van der Waals surface area (Å²) in [6.45, 7) is 0.0489. The van der Waals surface area contributed by atoms with E-state index >= 15 is 0 Å². The monoisotopic (exact) mass is 238 g/mol. The van der Waals surface area contributed by atoms with Gasteiger partial charge in [0, 0.05) is 33.3 Å². The van der Waals surface area contributed by atoms with Crippen LogP contribution in [0.4, 0.5) is 0 Å². The largest absolute Gasteiger partial charge is 0.396 e. The topological polar surface area (TPSA) is 71.2 Å². The summed E-state index contributed by atoms with van der Waals surface area (Å²) in [7, 11) is 3.52. The molecule has 0 aromatic carbocycles. The fourth-order valence-electron chi connectivity index (χ4n) is 2.21. The zero-order valence-corrected chi connectivity index (χ0v) is 10.3. The maximum atomic E-state index is 12.2. The number of likely N-dealkylation sites (N-methyl/N-ethyl adjacent to an activating group) is 1. The molecule has 1 amide bonds. The molecule has 6 heteroatoms. The SMILES string of the molecule is CN(C)C(=O)C1(n2cc(CCO)nn2)CCC1. The van der Waals surface area contributed by atoms with E-state index in [1.54, 1.807) is 29.9 Å². The summed E-state index contributed by atoms with van der Waals surface area (Å²) in [6, 6.07) is 0. The van der Waals surface area contributed by atoms with Gasteiger partial charge in [0.25, 0.3) is 0 Å². The Labute approximate surface area is 100 Å². The highest BCUT2D eigenvalue weighted by Gasteiger charge is 2.47. The number of nitrogens with zero attached hydrogens (tertiary/aromatic N) is 4. The predicted molar refractivity (Wildman–Crippen MR) is 61.3 cm³/mol. The van der Waals surface area contributed by atoms with Crippen LogP contribution in [0.25, 0.3) is 0 Å². The molecule has 1 fully saturated rings. The van der Waals surface area contributed by atoms with Gasteiger partial charge in [-0.2, -0.15) is 0 Å². The van der Waals surface area contributed by atoms with Crippen molar-refractivity contribution < 1.29 is 9.90 Å². The molecule has 0 saturated heterocycles. The van der Waals surface area contributed by atoms with Gasteiger partial charge < -0.3 is 10.0 Å². The summed E-state index contributed by atoms with van der Waals surface area (Å²) in [5, 5.41) is 16.9. The van der Waals surface area contributed by atoms with E-state index in [0.717, 1.165) is 25.0 Å². The van der Waals surface area contributed by atoms with Crippen LogP contribution < -0.4 is 0 Å². The Morgan fingerprint density at radius 3 is 2.76 bits per heavy atom. The van der Waals surface area contributed by atoms with Crippen LogP contribution in [0.2, 0.25) is 0 Å². The van der Waals surface area contributed by atoms with Gasteiger partial charge in [-0.05, 0) is 19.3 Å². The third-order valence-electron chi connectivity index (χ3n) is 3.33. The quantitative estimate of drug-likeness (QED) is 0.787. The standard InChI is InChI=1S/C11H18N4O2/c1-14(2)10(17)11(5-3-6-11)15-8-9(4-7-16)12-13-15/h8,16H,3-7H2,1-2H3. The van der Waals surface area contributed by atoms with Gasteiger partial charge in [-0.3, -0.25) is 4.79 Å². The van der Waals surface area contributed by atoms with Crippen LogP contribution in [0.15, 0.2) is 6.20 Å². The summed E-state index contributed by atoms with van der Waals surface area (Å²) < 4.78 is 1.67. The second kappa shape index (κ2) is 4.44. The highest BCUT2D eigenvalue weighted by molar-refractivity contribution is 5.84. The summed E-state index contributed by atoms with van der Waals surface area (Å²) in [6.07, 6.45) is 4.91. The van der Waals surface area contributed by atoms with Crippen LogP contribution in [-0.2, 0) is 16.8 Å². The lowest BCUT2D eigenvalue weighted by atomic mass is 9.75. The minimum Gasteiger partial charge on any atom is -0.396 e. The van der Waals surface area contributed by atoms with Gasteiger partial charge in [-0.1, -0.05) is 5.21 Å². The Bertz CT molecular complexity index is 409. The first kappa shape index (κ1) is 12.0. The van der Waals surface area contributed by atoms with Gasteiger partial charge in [0.15, 0.2) is 0 Å². The Kier molecular flexibility index (Phi) is 3.15. The van der Waals surface area contributed by atoms with Gasteiger partial charge in [-0.15, -0.1) is 5.10 Å². The summed E-state index contributed by atoms with van der Waals surface area (Å²) in [4.78, 5) is 13.8. The lowest BCUT2D eigenvalue weighted by Crippen LogP contribution is -2.53. The lowest BCUT2D eigenvalue weighted by molar-refractivity contribution is -0.143.